The Kier molecular flexibility index (Phi) is 7.98. The van der Waals surface area contributed by atoms with E-state index in [0.29, 0.717) is 53.2 Å². The Morgan fingerprint density at radius 3 is 2.77 bits per heavy atom. The Morgan fingerprint density at radius 2 is 1.97 bits per heavy atom. The number of benzene rings is 2. The first-order valence-electron chi connectivity index (χ1n) is 12.6. The number of rotatable bonds is 8. The van der Waals surface area contributed by atoms with Crippen LogP contribution >= 0.6 is 11.6 Å². The van der Waals surface area contributed by atoms with Crippen LogP contribution in [0.15, 0.2) is 79.8 Å². The largest absolute Gasteiger partial charge is 0.486 e. The molecule has 0 aliphatic carbocycles. The highest BCUT2D eigenvalue weighted by molar-refractivity contribution is 6.32. The molecule has 0 bridgehead atoms. The SMILES string of the molecule is C=CC(=O)N1CCCC(C(=O)Nc2ccc3ncnc(Nc4ccc(OCc5ccccn5)c(Cl)c4)c3c2)C1. The minimum Gasteiger partial charge on any atom is -0.486 e. The van der Waals surface area contributed by atoms with E-state index in [-0.39, 0.29) is 17.7 Å². The highest BCUT2D eigenvalue weighted by atomic mass is 35.5. The van der Waals surface area contributed by atoms with Gasteiger partial charge in [-0.2, -0.15) is 0 Å². The van der Waals surface area contributed by atoms with E-state index in [2.05, 4.69) is 32.2 Å². The number of ether oxygens (including phenoxy) is 1. The van der Waals surface area contributed by atoms with Crippen molar-refractivity contribution in [1.29, 1.82) is 0 Å². The molecule has 1 aliphatic heterocycles. The van der Waals surface area contributed by atoms with Gasteiger partial charge in [0.2, 0.25) is 11.8 Å². The first-order chi connectivity index (χ1) is 19.0. The predicted molar refractivity (Wildman–Crippen MR) is 151 cm³/mol. The van der Waals surface area contributed by atoms with Gasteiger partial charge in [0.15, 0.2) is 0 Å². The van der Waals surface area contributed by atoms with Crippen LogP contribution in [-0.4, -0.2) is 44.8 Å². The number of nitrogens with zero attached hydrogens (tertiary/aromatic N) is 4. The number of carbonyl (C=O) groups excluding carboxylic acids is 2. The molecular weight excluding hydrogens is 516 g/mol. The number of hydrogen-bond donors (Lipinski definition) is 2. The highest BCUT2D eigenvalue weighted by Gasteiger charge is 2.27. The van der Waals surface area contributed by atoms with Gasteiger partial charge in [0, 0.05) is 36.0 Å². The number of fused-ring (bicyclic) bond motifs is 1. The molecule has 0 radical (unpaired) electrons. The normalized spacial score (nSPS) is 15.0. The molecular formula is C29H27ClN6O3. The number of amides is 2. The Hall–Kier alpha value is -4.50. The molecule has 198 valence electrons. The molecule has 2 aromatic carbocycles. The number of anilines is 3. The van der Waals surface area contributed by atoms with Gasteiger partial charge in [-0.3, -0.25) is 14.6 Å². The molecule has 3 heterocycles. The van der Waals surface area contributed by atoms with Crippen molar-refractivity contribution in [3.63, 3.8) is 0 Å². The lowest BCUT2D eigenvalue weighted by atomic mass is 9.97. The fraction of sp³-hybridized carbons (Fsp3) is 0.207. The number of pyridine rings is 1. The van der Waals surface area contributed by atoms with Crippen molar-refractivity contribution in [3.05, 3.63) is 90.5 Å². The molecule has 1 unspecified atom stereocenters. The first kappa shape index (κ1) is 26.1. The predicted octanol–water partition coefficient (Wildman–Crippen LogP) is 5.36. The van der Waals surface area contributed by atoms with Crippen LogP contribution in [0.1, 0.15) is 18.5 Å². The van der Waals surface area contributed by atoms with Crippen LogP contribution in [0.5, 0.6) is 5.75 Å². The summed E-state index contributed by atoms with van der Waals surface area (Å²) < 4.78 is 5.81. The summed E-state index contributed by atoms with van der Waals surface area (Å²) in [6, 6.07) is 16.5. The minimum atomic E-state index is -0.288. The van der Waals surface area contributed by atoms with E-state index in [1.54, 1.807) is 29.3 Å². The van der Waals surface area contributed by atoms with Gasteiger partial charge in [0.1, 0.15) is 24.5 Å². The highest BCUT2D eigenvalue weighted by Crippen LogP contribution is 2.31. The molecule has 39 heavy (non-hydrogen) atoms. The third-order valence-corrected chi connectivity index (χ3v) is 6.77. The van der Waals surface area contributed by atoms with Gasteiger partial charge in [0.25, 0.3) is 0 Å². The zero-order valence-corrected chi connectivity index (χ0v) is 21.9. The van der Waals surface area contributed by atoms with Crippen LogP contribution in [0.2, 0.25) is 5.02 Å². The molecule has 4 aromatic rings. The maximum Gasteiger partial charge on any atom is 0.245 e. The average molecular weight is 543 g/mol. The van der Waals surface area contributed by atoms with Crippen LogP contribution in [0.4, 0.5) is 17.2 Å². The quantitative estimate of drug-likeness (QED) is 0.288. The third kappa shape index (κ3) is 6.32. The van der Waals surface area contributed by atoms with Gasteiger partial charge in [-0.05, 0) is 67.4 Å². The van der Waals surface area contributed by atoms with Gasteiger partial charge < -0.3 is 20.3 Å². The summed E-state index contributed by atoms with van der Waals surface area (Å²) in [5, 5.41) is 7.45. The van der Waals surface area contributed by atoms with Gasteiger partial charge in [-0.25, -0.2) is 9.97 Å². The van der Waals surface area contributed by atoms with Gasteiger partial charge >= 0.3 is 0 Å². The molecule has 2 N–H and O–H groups in total. The summed E-state index contributed by atoms with van der Waals surface area (Å²) in [4.78, 5) is 39.7. The topological polar surface area (TPSA) is 109 Å². The van der Waals surface area contributed by atoms with Gasteiger partial charge in [0.05, 0.1) is 22.2 Å². The smallest absolute Gasteiger partial charge is 0.245 e. The molecule has 1 saturated heterocycles. The Labute approximate surface area is 230 Å². The first-order valence-corrected chi connectivity index (χ1v) is 12.9. The fourth-order valence-corrected chi connectivity index (χ4v) is 4.70. The number of piperidine rings is 1. The molecule has 2 amide bonds. The summed E-state index contributed by atoms with van der Waals surface area (Å²) >= 11 is 6.48. The standard InChI is InChI=1S/C29H27ClN6O3/c1-2-27(37)36-13-5-6-19(16-36)29(38)35-20-8-10-25-23(14-20)28(33-18-32-25)34-21-9-11-26(24(30)15-21)39-17-22-7-3-4-12-31-22/h2-4,7-12,14-15,18-19H,1,5-6,13,16-17H2,(H,35,38)(H,32,33,34). The summed E-state index contributed by atoms with van der Waals surface area (Å²) in [6.45, 7) is 4.87. The second-order valence-corrected chi connectivity index (χ2v) is 9.56. The van der Waals surface area contributed by atoms with Crippen LogP contribution < -0.4 is 15.4 Å². The van der Waals surface area contributed by atoms with Crippen molar-refractivity contribution >= 4 is 51.5 Å². The maximum absolute atomic E-state index is 13.0. The lowest BCUT2D eigenvalue weighted by Crippen LogP contribution is -2.43. The monoisotopic (exact) mass is 542 g/mol. The van der Waals surface area contributed by atoms with Gasteiger partial charge in [-0.15, -0.1) is 0 Å². The number of hydrogen-bond acceptors (Lipinski definition) is 7. The molecule has 1 aliphatic rings. The summed E-state index contributed by atoms with van der Waals surface area (Å²) in [5.41, 5.74) is 2.85. The van der Waals surface area contributed by atoms with E-state index >= 15 is 0 Å². The number of halogens is 1. The van der Waals surface area contributed by atoms with E-state index in [4.69, 9.17) is 16.3 Å². The Morgan fingerprint density at radius 1 is 1.10 bits per heavy atom. The summed E-state index contributed by atoms with van der Waals surface area (Å²) in [7, 11) is 0. The van der Waals surface area contributed by atoms with Crippen LogP contribution in [-0.2, 0) is 16.2 Å². The second-order valence-electron chi connectivity index (χ2n) is 9.15. The number of carbonyl (C=O) groups is 2. The van der Waals surface area contributed by atoms with Crippen molar-refractivity contribution in [2.45, 2.75) is 19.4 Å². The molecule has 1 atom stereocenters. The molecule has 10 heteroatoms. The fourth-order valence-electron chi connectivity index (χ4n) is 4.47. The van der Waals surface area contributed by atoms with E-state index in [1.165, 1.54) is 12.4 Å². The molecule has 1 fully saturated rings. The van der Waals surface area contributed by atoms with Crippen molar-refractivity contribution in [1.82, 2.24) is 19.9 Å². The number of likely N-dealkylation sites (tertiary alicyclic amines) is 1. The minimum absolute atomic E-state index is 0.129. The van der Waals surface area contributed by atoms with Crippen LogP contribution in [0, 0.1) is 5.92 Å². The number of nitrogens with one attached hydrogen (secondary N) is 2. The van der Waals surface area contributed by atoms with E-state index < -0.39 is 0 Å². The Balaban J connectivity index is 1.29. The summed E-state index contributed by atoms with van der Waals surface area (Å²) in [6.07, 6.45) is 5.97. The second kappa shape index (κ2) is 11.9. The van der Waals surface area contributed by atoms with Crippen molar-refractivity contribution in [2.75, 3.05) is 23.7 Å². The van der Waals surface area contributed by atoms with E-state index in [1.807, 2.05) is 36.4 Å². The van der Waals surface area contributed by atoms with Crippen molar-refractivity contribution in [2.24, 2.45) is 5.92 Å². The maximum atomic E-state index is 13.0. The molecule has 5 rings (SSSR count). The molecule has 2 aromatic heterocycles. The molecule has 0 spiro atoms. The van der Waals surface area contributed by atoms with Gasteiger partial charge in [-0.1, -0.05) is 24.2 Å². The zero-order valence-electron chi connectivity index (χ0n) is 21.1. The van der Waals surface area contributed by atoms with E-state index in [0.717, 1.165) is 23.9 Å². The Bertz CT molecular complexity index is 1510. The van der Waals surface area contributed by atoms with Crippen LogP contribution in [0.25, 0.3) is 10.9 Å². The van der Waals surface area contributed by atoms with Crippen molar-refractivity contribution in [3.8, 4) is 5.75 Å². The molecule has 0 saturated carbocycles. The van der Waals surface area contributed by atoms with Crippen LogP contribution in [0.3, 0.4) is 0 Å². The molecule has 9 nitrogen and oxygen atoms in total. The third-order valence-electron chi connectivity index (χ3n) is 6.48. The average Bonchev–Trinajstić information content (AvgIpc) is 2.97. The van der Waals surface area contributed by atoms with E-state index in [9.17, 15) is 9.59 Å². The van der Waals surface area contributed by atoms with Crippen molar-refractivity contribution < 1.29 is 14.3 Å². The number of aromatic nitrogens is 3. The zero-order chi connectivity index (χ0) is 27.2. The lowest BCUT2D eigenvalue weighted by Gasteiger charge is -2.31. The summed E-state index contributed by atoms with van der Waals surface area (Å²) in [5.74, 6) is 0.536. The lowest BCUT2D eigenvalue weighted by molar-refractivity contribution is -0.130.